The quantitative estimate of drug-likeness (QED) is 0.516. The molecule has 2 aromatic heterocycles. The topological polar surface area (TPSA) is 61.4 Å². The van der Waals surface area contributed by atoms with Gasteiger partial charge in [0.2, 0.25) is 5.16 Å². The lowest BCUT2D eigenvalue weighted by Gasteiger charge is -2.04. The van der Waals surface area contributed by atoms with Crippen LogP contribution in [0.3, 0.4) is 0 Å². The zero-order chi connectivity index (χ0) is 14.5. The van der Waals surface area contributed by atoms with Crippen LogP contribution >= 0.6 is 23.4 Å². The maximum Gasteiger partial charge on any atom is 0.214 e. The second-order valence-electron chi connectivity index (χ2n) is 4.35. The average molecular weight is 321 g/mol. The lowest BCUT2D eigenvalue weighted by Crippen LogP contribution is -2.00. The van der Waals surface area contributed by atoms with Crippen molar-refractivity contribution in [2.45, 2.75) is 18.1 Å². The molecular weight excluding hydrogens is 308 g/mol. The highest BCUT2D eigenvalue weighted by atomic mass is 35.5. The predicted molar refractivity (Wildman–Crippen MR) is 81.7 cm³/mol. The molecule has 0 amide bonds. The van der Waals surface area contributed by atoms with Crippen LogP contribution in [0, 0.1) is 0 Å². The van der Waals surface area contributed by atoms with Crippen molar-refractivity contribution in [1.82, 2.24) is 29.8 Å². The SMILES string of the molecule is Clc1ccc(-n2nnnc2SCCCn2ccnc2)cc1. The summed E-state index contributed by atoms with van der Waals surface area (Å²) in [6, 6.07) is 7.45. The van der Waals surface area contributed by atoms with Gasteiger partial charge in [0.1, 0.15) is 0 Å². The van der Waals surface area contributed by atoms with E-state index in [0.29, 0.717) is 5.02 Å². The van der Waals surface area contributed by atoms with E-state index in [1.54, 1.807) is 22.6 Å². The zero-order valence-corrected chi connectivity index (χ0v) is 12.7. The number of imidazole rings is 1. The number of benzene rings is 1. The highest BCUT2D eigenvalue weighted by molar-refractivity contribution is 7.99. The van der Waals surface area contributed by atoms with Gasteiger partial charge in [-0.2, -0.15) is 4.68 Å². The number of aromatic nitrogens is 6. The number of hydrogen-bond donors (Lipinski definition) is 0. The number of halogens is 1. The maximum absolute atomic E-state index is 5.89. The van der Waals surface area contributed by atoms with Crippen LogP contribution in [0.15, 0.2) is 48.1 Å². The van der Waals surface area contributed by atoms with Gasteiger partial charge in [0, 0.05) is 29.7 Å². The molecule has 1 aromatic carbocycles. The summed E-state index contributed by atoms with van der Waals surface area (Å²) in [7, 11) is 0. The largest absolute Gasteiger partial charge is 0.337 e. The molecule has 3 aromatic rings. The molecule has 8 heteroatoms. The molecule has 0 saturated carbocycles. The molecule has 0 unspecified atom stereocenters. The molecule has 0 bridgehead atoms. The Balaban J connectivity index is 1.59. The molecule has 0 fully saturated rings. The molecule has 2 heterocycles. The van der Waals surface area contributed by atoms with E-state index in [1.807, 2.05) is 36.8 Å². The van der Waals surface area contributed by atoms with E-state index in [4.69, 9.17) is 11.6 Å². The summed E-state index contributed by atoms with van der Waals surface area (Å²) in [5.74, 6) is 0.937. The lowest BCUT2D eigenvalue weighted by atomic mass is 10.3. The first-order chi connectivity index (χ1) is 10.3. The van der Waals surface area contributed by atoms with Gasteiger partial charge in [0.15, 0.2) is 0 Å². The molecule has 0 N–H and O–H groups in total. The van der Waals surface area contributed by atoms with Crippen LogP contribution in [0.1, 0.15) is 6.42 Å². The van der Waals surface area contributed by atoms with Crippen LogP contribution in [-0.2, 0) is 6.54 Å². The summed E-state index contributed by atoms with van der Waals surface area (Å²) < 4.78 is 3.78. The Morgan fingerprint density at radius 2 is 2.05 bits per heavy atom. The Morgan fingerprint density at radius 1 is 1.19 bits per heavy atom. The van der Waals surface area contributed by atoms with E-state index in [9.17, 15) is 0 Å². The molecule has 3 rings (SSSR count). The molecule has 108 valence electrons. The minimum atomic E-state index is 0.696. The van der Waals surface area contributed by atoms with Gasteiger partial charge < -0.3 is 4.57 Å². The Kier molecular flexibility index (Phi) is 4.52. The fraction of sp³-hybridized carbons (Fsp3) is 0.231. The molecule has 0 spiro atoms. The molecule has 0 aliphatic carbocycles. The second kappa shape index (κ2) is 6.73. The maximum atomic E-state index is 5.89. The number of aryl methyl sites for hydroxylation is 1. The van der Waals surface area contributed by atoms with Gasteiger partial charge in [-0.3, -0.25) is 0 Å². The Hall–Kier alpha value is -1.86. The van der Waals surface area contributed by atoms with Gasteiger partial charge in [-0.05, 0) is 41.1 Å². The van der Waals surface area contributed by atoms with Crippen molar-refractivity contribution >= 4 is 23.4 Å². The minimum Gasteiger partial charge on any atom is -0.337 e. The number of hydrogen-bond acceptors (Lipinski definition) is 5. The van der Waals surface area contributed by atoms with Gasteiger partial charge >= 0.3 is 0 Å². The molecule has 0 aliphatic heterocycles. The molecule has 0 atom stereocenters. The predicted octanol–water partition coefficient (Wildman–Crippen LogP) is 2.69. The minimum absolute atomic E-state index is 0.696. The van der Waals surface area contributed by atoms with Crippen LogP contribution < -0.4 is 0 Å². The smallest absolute Gasteiger partial charge is 0.214 e. The summed E-state index contributed by atoms with van der Waals surface area (Å²) in [5, 5.41) is 13.3. The monoisotopic (exact) mass is 320 g/mol. The third kappa shape index (κ3) is 3.62. The van der Waals surface area contributed by atoms with Crippen molar-refractivity contribution in [3.63, 3.8) is 0 Å². The third-order valence-corrected chi connectivity index (χ3v) is 4.12. The molecular formula is C13H13ClN6S. The first-order valence-corrected chi connectivity index (χ1v) is 7.82. The Bertz CT molecular complexity index is 679. The van der Waals surface area contributed by atoms with Crippen molar-refractivity contribution in [2.75, 3.05) is 5.75 Å². The van der Waals surface area contributed by atoms with Gasteiger partial charge in [-0.25, -0.2) is 4.98 Å². The van der Waals surface area contributed by atoms with Crippen molar-refractivity contribution in [2.24, 2.45) is 0 Å². The van der Waals surface area contributed by atoms with Gasteiger partial charge in [0.05, 0.1) is 12.0 Å². The van der Waals surface area contributed by atoms with E-state index in [2.05, 4.69) is 25.1 Å². The standard InChI is InChI=1S/C13H13ClN6S/c14-11-2-4-12(5-3-11)20-13(16-17-18-20)21-9-1-7-19-8-6-15-10-19/h2-6,8,10H,1,7,9H2. The Morgan fingerprint density at radius 3 is 2.81 bits per heavy atom. The van der Waals surface area contributed by atoms with E-state index in [-0.39, 0.29) is 0 Å². The summed E-state index contributed by atoms with van der Waals surface area (Å²) in [6.07, 6.45) is 6.59. The molecule has 21 heavy (non-hydrogen) atoms. The molecule has 0 saturated heterocycles. The normalized spacial score (nSPS) is 10.9. The van der Waals surface area contributed by atoms with Crippen LogP contribution in [0.2, 0.25) is 5.02 Å². The van der Waals surface area contributed by atoms with E-state index in [1.165, 1.54) is 0 Å². The summed E-state index contributed by atoms with van der Waals surface area (Å²) in [4.78, 5) is 4.02. The number of nitrogens with zero attached hydrogens (tertiary/aromatic N) is 6. The highest BCUT2D eigenvalue weighted by Gasteiger charge is 2.08. The fourth-order valence-electron chi connectivity index (χ4n) is 1.84. The van der Waals surface area contributed by atoms with Crippen molar-refractivity contribution < 1.29 is 0 Å². The highest BCUT2D eigenvalue weighted by Crippen LogP contribution is 2.20. The number of tetrazole rings is 1. The first-order valence-electron chi connectivity index (χ1n) is 6.46. The van der Waals surface area contributed by atoms with Gasteiger partial charge in [-0.15, -0.1) is 5.10 Å². The van der Waals surface area contributed by atoms with Crippen molar-refractivity contribution in [3.8, 4) is 5.69 Å². The van der Waals surface area contributed by atoms with Crippen LogP contribution in [0.5, 0.6) is 0 Å². The van der Waals surface area contributed by atoms with E-state index < -0.39 is 0 Å². The van der Waals surface area contributed by atoms with Gasteiger partial charge in [-0.1, -0.05) is 23.4 Å². The third-order valence-electron chi connectivity index (χ3n) is 2.86. The van der Waals surface area contributed by atoms with Crippen molar-refractivity contribution in [3.05, 3.63) is 48.0 Å². The van der Waals surface area contributed by atoms with Gasteiger partial charge in [0.25, 0.3) is 0 Å². The fourth-order valence-corrected chi connectivity index (χ4v) is 2.78. The number of thioether (sulfide) groups is 1. The molecule has 0 aliphatic rings. The van der Waals surface area contributed by atoms with E-state index >= 15 is 0 Å². The van der Waals surface area contributed by atoms with Crippen molar-refractivity contribution in [1.29, 1.82) is 0 Å². The average Bonchev–Trinajstić information content (AvgIpc) is 3.16. The van der Waals surface area contributed by atoms with E-state index in [0.717, 1.165) is 29.6 Å². The van der Waals surface area contributed by atoms with Crippen LogP contribution in [-0.4, -0.2) is 35.5 Å². The Labute approximate surface area is 131 Å². The van der Waals surface area contributed by atoms with Crippen LogP contribution in [0.4, 0.5) is 0 Å². The summed E-state index contributed by atoms with van der Waals surface area (Å²) in [6.45, 7) is 0.940. The lowest BCUT2D eigenvalue weighted by molar-refractivity contribution is 0.682. The second-order valence-corrected chi connectivity index (χ2v) is 5.85. The molecule has 0 radical (unpaired) electrons. The summed E-state index contributed by atoms with van der Waals surface area (Å²) in [5.41, 5.74) is 0.904. The summed E-state index contributed by atoms with van der Waals surface area (Å²) >= 11 is 7.53. The number of rotatable bonds is 6. The zero-order valence-electron chi connectivity index (χ0n) is 11.1. The first kappa shape index (κ1) is 14.1. The van der Waals surface area contributed by atoms with Crippen LogP contribution in [0.25, 0.3) is 5.69 Å². The molecule has 6 nitrogen and oxygen atoms in total.